The van der Waals surface area contributed by atoms with E-state index in [0.717, 1.165) is 24.8 Å². The summed E-state index contributed by atoms with van der Waals surface area (Å²) in [7, 11) is 1.68. The second-order valence-electron chi connectivity index (χ2n) is 9.59. The Morgan fingerprint density at radius 3 is 2.26 bits per heavy atom. The maximum atomic E-state index is 13.6. The Kier molecular flexibility index (Phi) is 7.70. The highest BCUT2D eigenvalue weighted by molar-refractivity contribution is 6.12. The highest BCUT2D eigenvalue weighted by atomic mass is 16.2. The number of rotatable bonds is 8. The highest BCUT2D eigenvalue weighted by Gasteiger charge is 2.55. The van der Waals surface area contributed by atoms with E-state index in [2.05, 4.69) is 16.9 Å². The van der Waals surface area contributed by atoms with Crippen LogP contribution in [0.1, 0.15) is 57.4 Å². The van der Waals surface area contributed by atoms with Gasteiger partial charge in [0.05, 0.1) is 5.92 Å². The minimum absolute atomic E-state index is 0.213. The fourth-order valence-corrected chi connectivity index (χ4v) is 5.55. The zero-order valence-electron chi connectivity index (χ0n) is 20.1. The predicted molar refractivity (Wildman–Crippen MR) is 130 cm³/mol. The normalized spacial score (nSPS) is 21.6. The first-order valence-electron chi connectivity index (χ1n) is 12.4. The topological polar surface area (TPSA) is 83.5 Å². The van der Waals surface area contributed by atoms with Crippen molar-refractivity contribution in [3.8, 4) is 0 Å². The summed E-state index contributed by atoms with van der Waals surface area (Å²) < 4.78 is 0. The van der Waals surface area contributed by atoms with E-state index in [1.807, 2.05) is 12.1 Å². The summed E-state index contributed by atoms with van der Waals surface area (Å²) in [5.74, 6) is -0.479. The van der Waals surface area contributed by atoms with E-state index in [9.17, 15) is 14.4 Å². The lowest BCUT2D eigenvalue weighted by molar-refractivity contribution is -0.171. The third-order valence-corrected chi connectivity index (χ3v) is 7.60. The highest BCUT2D eigenvalue weighted by Crippen LogP contribution is 2.37. The predicted octanol–water partition coefficient (Wildman–Crippen LogP) is 4.03. The van der Waals surface area contributed by atoms with E-state index in [-0.39, 0.29) is 23.6 Å². The molecule has 3 heterocycles. The van der Waals surface area contributed by atoms with Gasteiger partial charge >= 0.3 is 0 Å². The van der Waals surface area contributed by atoms with Gasteiger partial charge in [-0.15, -0.1) is 0 Å². The van der Waals surface area contributed by atoms with Crippen LogP contribution in [-0.4, -0.2) is 45.7 Å². The van der Waals surface area contributed by atoms with Crippen LogP contribution in [0.4, 0.5) is 5.69 Å². The van der Waals surface area contributed by atoms with Crippen LogP contribution in [-0.2, 0) is 20.8 Å². The molecule has 34 heavy (non-hydrogen) atoms. The van der Waals surface area contributed by atoms with E-state index in [0.29, 0.717) is 24.4 Å². The molecular formula is C27H34N4O3. The van der Waals surface area contributed by atoms with Crippen LogP contribution in [0.5, 0.6) is 0 Å². The molecule has 1 saturated heterocycles. The van der Waals surface area contributed by atoms with Crippen molar-refractivity contribution in [1.82, 2.24) is 14.9 Å². The molecule has 7 heteroatoms. The SMILES string of the molecule is CC[C@@H](CC(=O)N1C(=O)[C@H](Cc2ccncc2)[C@H]1C(=O)N(C)c1ccncc1)C1CCCCC1. The standard InChI is InChI=1S/C27H34N4O3/c1-3-20(21-7-5-4-6-8-21)18-24(32)31-25(27(34)30(2)22-11-15-29-16-12-22)23(26(31)33)17-19-9-13-28-14-10-19/h9-16,20-21,23,25H,3-8,17-18H2,1-2H3/t20-,23+,25-/m0/s1. The molecule has 0 N–H and O–H groups in total. The minimum Gasteiger partial charge on any atom is -0.314 e. The molecule has 0 bridgehead atoms. The summed E-state index contributed by atoms with van der Waals surface area (Å²) in [6, 6.07) is 6.40. The number of β-lactam (4-membered cyclic amide) rings is 1. The monoisotopic (exact) mass is 462 g/mol. The first kappa shape index (κ1) is 24.0. The number of hydrogen-bond acceptors (Lipinski definition) is 5. The Hall–Kier alpha value is -3.09. The zero-order valence-corrected chi connectivity index (χ0v) is 20.1. The van der Waals surface area contributed by atoms with Gasteiger partial charge in [-0.2, -0.15) is 0 Å². The molecule has 0 radical (unpaired) electrons. The molecule has 0 spiro atoms. The molecule has 2 aromatic heterocycles. The summed E-state index contributed by atoms with van der Waals surface area (Å²) in [6.45, 7) is 2.12. The average Bonchev–Trinajstić information content (AvgIpc) is 2.89. The lowest BCUT2D eigenvalue weighted by atomic mass is 9.76. The van der Waals surface area contributed by atoms with Crippen LogP contribution >= 0.6 is 0 Å². The van der Waals surface area contributed by atoms with Crippen molar-refractivity contribution in [3.05, 3.63) is 54.6 Å². The van der Waals surface area contributed by atoms with Crippen LogP contribution < -0.4 is 4.90 Å². The first-order chi connectivity index (χ1) is 16.5. The molecule has 7 nitrogen and oxygen atoms in total. The number of hydrogen-bond donors (Lipinski definition) is 0. The number of pyridine rings is 2. The quantitative estimate of drug-likeness (QED) is 0.553. The molecule has 180 valence electrons. The van der Waals surface area contributed by atoms with E-state index in [4.69, 9.17) is 0 Å². The van der Waals surface area contributed by atoms with Crippen LogP contribution in [0.2, 0.25) is 0 Å². The molecule has 1 aliphatic carbocycles. The van der Waals surface area contributed by atoms with Crippen molar-refractivity contribution in [1.29, 1.82) is 0 Å². The third-order valence-electron chi connectivity index (χ3n) is 7.60. The van der Waals surface area contributed by atoms with E-state index in [1.165, 1.54) is 29.1 Å². The van der Waals surface area contributed by atoms with Crippen molar-refractivity contribution < 1.29 is 14.4 Å². The number of imide groups is 1. The van der Waals surface area contributed by atoms with Crippen molar-refractivity contribution in [3.63, 3.8) is 0 Å². The van der Waals surface area contributed by atoms with Gasteiger partial charge < -0.3 is 4.90 Å². The van der Waals surface area contributed by atoms with Crippen molar-refractivity contribution in [2.45, 2.75) is 64.3 Å². The molecule has 0 aromatic carbocycles. The van der Waals surface area contributed by atoms with Crippen LogP contribution in [0.25, 0.3) is 0 Å². The minimum atomic E-state index is -0.796. The largest absolute Gasteiger partial charge is 0.314 e. The lowest BCUT2D eigenvalue weighted by Gasteiger charge is -2.46. The molecular weight excluding hydrogens is 428 g/mol. The first-order valence-corrected chi connectivity index (χ1v) is 12.4. The summed E-state index contributed by atoms with van der Waals surface area (Å²) in [6.07, 6.45) is 14.2. The van der Waals surface area contributed by atoms with Gasteiger partial charge in [-0.05, 0) is 48.1 Å². The van der Waals surface area contributed by atoms with Gasteiger partial charge in [-0.1, -0.05) is 45.4 Å². The zero-order chi connectivity index (χ0) is 24.1. The summed E-state index contributed by atoms with van der Waals surface area (Å²) >= 11 is 0. The number of likely N-dealkylation sites (N-methyl/N-ethyl adjacent to an activating group) is 1. The Morgan fingerprint density at radius 2 is 1.65 bits per heavy atom. The summed E-state index contributed by atoms with van der Waals surface area (Å²) in [5, 5.41) is 0. The van der Waals surface area contributed by atoms with E-state index in [1.54, 1.807) is 44.0 Å². The Morgan fingerprint density at radius 1 is 1.03 bits per heavy atom. The van der Waals surface area contributed by atoms with Crippen molar-refractivity contribution in [2.75, 3.05) is 11.9 Å². The number of nitrogens with zero attached hydrogens (tertiary/aromatic N) is 4. The smallest absolute Gasteiger partial charge is 0.250 e. The fraction of sp³-hybridized carbons (Fsp3) is 0.519. The molecule has 1 saturated carbocycles. The molecule has 0 unspecified atom stereocenters. The van der Waals surface area contributed by atoms with Crippen molar-refractivity contribution in [2.24, 2.45) is 17.8 Å². The maximum Gasteiger partial charge on any atom is 0.250 e. The van der Waals surface area contributed by atoms with Gasteiger partial charge in [0.2, 0.25) is 11.8 Å². The number of likely N-dealkylation sites (tertiary alicyclic amines) is 1. The van der Waals surface area contributed by atoms with E-state index < -0.39 is 12.0 Å². The van der Waals surface area contributed by atoms with Gasteiger partial charge in [0.15, 0.2) is 0 Å². The summed E-state index contributed by atoms with van der Waals surface area (Å²) in [5.41, 5.74) is 1.61. The number of amides is 3. The molecule has 3 atom stereocenters. The molecule has 1 aliphatic heterocycles. The second kappa shape index (κ2) is 10.9. The molecule has 2 aliphatic rings. The maximum absolute atomic E-state index is 13.6. The van der Waals surface area contributed by atoms with Gasteiger partial charge in [-0.3, -0.25) is 29.3 Å². The van der Waals surface area contributed by atoms with Crippen LogP contribution in [0, 0.1) is 17.8 Å². The number of carbonyl (C=O) groups is 3. The van der Waals surface area contributed by atoms with Crippen LogP contribution in [0.3, 0.4) is 0 Å². The van der Waals surface area contributed by atoms with Crippen molar-refractivity contribution >= 4 is 23.4 Å². The lowest BCUT2D eigenvalue weighted by Crippen LogP contribution is -2.69. The second-order valence-corrected chi connectivity index (χ2v) is 9.59. The van der Waals surface area contributed by atoms with Crippen LogP contribution in [0.15, 0.2) is 49.1 Å². The number of aromatic nitrogens is 2. The Bertz CT molecular complexity index is 991. The summed E-state index contributed by atoms with van der Waals surface area (Å²) in [4.78, 5) is 51.1. The van der Waals surface area contributed by atoms with E-state index >= 15 is 0 Å². The van der Waals surface area contributed by atoms with Gasteiger partial charge in [0, 0.05) is 43.9 Å². The van der Waals surface area contributed by atoms with Gasteiger partial charge in [-0.25, -0.2) is 0 Å². The number of carbonyl (C=O) groups excluding carboxylic acids is 3. The third kappa shape index (κ3) is 5.03. The molecule has 2 aromatic rings. The number of anilines is 1. The van der Waals surface area contributed by atoms with Gasteiger partial charge in [0.1, 0.15) is 6.04 Å². The fourth-order valence-electron chi connectivity index (χ4n) is 5.55. The molecule has 3 amide bonds. The van der Waals surface area contributed by atoms with Gasteiger partial charge in [0.25, 0.3) is 5.91 Å². The molecule has 2 fully saturated rings. The average molecular weight is 463 g/mol. The Balaban J connectivity index is 1.54. The Labute approximate surface area is 201 Å². The molecule has 4 rings (SSSR count).